The van der Waals surface area contributed by atoms with Gasteiger partial charge in [-0.2, -0.15) is 13.2 Å². The van der Waals surface area contributed by atoms with Gasteiger partial charge in [0.25, 0.3) is 0 Å². The summed E-state index contributed by atoms with van der Waals surface area (Å²) in [5, 5.41) is 13.8. The van der Waals surface area contributed by atoms with Gasteiger partial charge < -0.3 is 19.9 Å². The van der Waals surface area contributed by atoms with Gasteiger partial charge in [0.2, 0.25) is 0 Å². The summed E-state index contributed by atoms with van der Waals surface area (Å²) in [5.74, 6) is 1.73. The molecule has 156 valence electrons. The Morgan fingerprint density at radius 3 is 2.44 bits per heavy atom. The molecule has 1 aromatic heterocycles. The lowest BCUT2D eigenvalue weighted by Gasteiger charge is -2.26. The van der Waals surface area contributed by atoms with E-state index in [0.717, 1.165) is 25.5 Å². The Morgan fingerprint density at radius 1 is 1.19 bits per heavy atom. The monoisotopic (exact) mass is 505 g/mol. The van der Waals surface area contributed by atoms with Gasteiger partial charge in [-0.3, -0.25) is 4.90 Å². The van der Waals surface area contributed by atoms with E-state index in [9.17, 15) is 13.2 Å². The van der Waals surface area contributed by atoms with Crippen molar-refractivity contribution < 1.29 is 17.9 Å². The van der Waals surface area contributed by atoms with Crippen LogP contribution in [0.25, 0.3) is 0 Å². The first-order chi connectivity index (χ1) is 12.3. The van der Waals surface area contributed by atoms with Crippen molar-refractivity contribution in [2.24, 2.45) is 12.0 Å². The molecule has 12 heteroatoms. The molecule has 0 saturated carbocycles. The zero-order valence-electron chi connectivity index (χ0n) is 15.6. The van der Waals surface area contributed by atoms with E-state index in [1.165, 1.54) is 0 Å². The molecule has 0 radical (unpaired) electrons. The molecule has 1 aromatic rings. The van der Waals surface area contributed by atoms with Gasteiger partial charge in [-0.1, -0.05) is 0 Å². The van der Waals surface area contributed by atoms with Crippen LogP contribution >= 0.6 is 24.0 Å². The second kappa shape index (κ2) is 11.6. The maximum atomic E-state index is 12.4. The van der Waals surface area contributed by atoms with Gasteiger partial charge in [0, 0.05) is 39.8 Å². The number of aryl methyl sites for hydroxylation is 1. The average molecular weight is 505 g/mol. The van der Waals surface area contributed by atoms with Crippen molar-refractivity contribution in [3.63, 3.8) is 0 Å². The van der Waals surface area contributed by atoms with Gasteiger partial charge >= 0.3 is 6.18 Å². The Bertz CT molecular complexity index is 588. The van der Waals surface area contributed by atoms with E-state index in [1.54, 1.807) is 4.57 Å². The van der Waals surface area contributed by atoms with Crippen LogP contribution in [-0.4, -0.2) is 77.7 Å². The number of guanidine groups is 1. The first-order valence-electron chi connectivity index (χ1n) is 8.59. The van der Waals surface area contributed by atoms with Gasteiger partial charge in [-0.05, 0) is 6.92 Å². The Morgan fingerprint density at radius 2 is 1.85 bits per heavy atom. The Kier molecular flexibility index (Phi) is 10.3. The highest BCUT2D eigenvalue weighted by atomic mass is 127. The van der Waals surface area contributed by atoms with Crippen LogP contribution in [0.15, 0.2) is 4.99 Å². The average Bonchev–Trinajstić information content (AvgIpc) is 2.91. The van der Waals surface area contributed by atoms with Crippen molar-refractivity contribution in [3.05, 3.63) is 11.6 Å². The smallest absolute Gasteiger partial charge is 0.379 e. The highest BCUT2D eigenvalue weighted by Gasteiger charge is 2.26. The molecule has 0 bridgehead atoms. The molecule has 0 unspecified atom stereocenters. The molecule has 2 heterocycles. The SMILES string of the molecule is Cc1nnc(CN=C(NCCN2CCOCC2)NCCC(F)(F)F)n1C.I. The molecule has 2 N–H and O–H groups in total. The quantitative estimate of drug-likeness (QED) is 0.328. The number of morpholine rings is 1. The maximum Gasteiger partial charge on any atom is 0.390 e. The first kappa shape index (κ1) is 23.9. The fourth-order valence-corrected chi connectivity index (χ4v) is 2.39. The number of nitrogens with one attached hydrogen (secondary N) is 2. The second-order valence-corrected chi connectivity index (χ2v) is 6.06. The summed E-state index contributed by atoms with van der Waals surface area (Å²) in [5.41, 5.74) is 0. The summed E-state index contributed by atoms with van der Waals surface area (Å²) in [4.78, 5) is 6.56. The zero-order chi connectivity index (χ0) is 19.0. The number of hydrogen-bond donors (Lipinski definition) is 2. The van der Waals surface area contributed by atoms with E-state index in [1.807, 2.05) is 14.0 Å². The van der Waals surface area contributed by atoms with E-state index < -0.39 is 12.6 Å². The molecule has 0 aromatic carbocycles. The lowest BCUT2D eigenvalue weighted by atomic mass is 10.4. The molecule has 8 nitrogen and oxygen atoms in total. The zero-order valence-corrected chi connectivity index (χ0v) is 17.9. The molecule has 2 rings (SSSR count). The third kappa shape index (κ3) is 9.06. The number of alkyl halides is 3. The third-order valence-electron chi connectivity index (χ3n) is 4.09. The van der Waals surface area contributed by atoms with Crippen LogP contribution in [-0.2, 0) is 18.3 Å². The minimum atomic E-state index is -4.20. The molecule has 0 atom stereocenters. The predicted molar refractivity (Wildman–Crippen MR) is 106 cm³/mol. The fraction of sp³-hybridized carbons (Fsp3) is 0.800. The third-order valence-corrected chi connectivity index (χ3v) is 4.09. The summed E-state index contributed by atoms with van der Waals surface area (Å²) < 4.78 is 44.2. The Hall–Kier alpha value is -1.15. The highest BCUT2D eigenvalue weighted by Crippen LogP contribution is 2.18. The largest absolute Gasteiger partial charge is 0.390 e. The molecular weight excluding hydrogens is 478 g/mol. The molecule has 1 aliphatic rings. The highest BCUT2D eigenvalue weighted by molar-refractivity contribution is 14.0. The number of nitrogens with zero attached hydrogens (tertiary/aromatic N) is 5. The van der Waals surface area contributed by atoms with Crippen molar-refractivity contribution in [2.45, 2.75) is 26.1 Å². The van der Waals surface area contributed by atoms with Crippen molar-refractivity contribution in [1.82, 2.24) is 30.3 Å². The molecule has 0 amide bonds. The number of rotatable bonds is 7. The fourth-order valence-electron chi connectivity index (χ4n) is 2.39. The van der Waals surface area contributed by atoms with Crippen LogP contribution in [0.4, 0.5) is 13.2 Å². The number of halogens is 4. The summed E-state index contributed by atoms with van der Waals surface area (Å²) >= 11 is 0. The van der Waals surface area contributed by atoms with Gasteiger partial charge in [-0.15, -0.1) is 34.2 Å². The van der Waals surface area contributed by atoms with Crippen LogP contribution < -0.4 is 10.6 Å². The Labute approximate surface area is 174 Å². The van der Waals surface area contributed by atoms with Crippen LogP contribution in [0.3, 0.4) is 0 Å². The minimum Gasteiger partial charge on any atom is -0.379 e. The maximum absolute atomic E-state index is 12.4. The van der Waals surface area contributed by atoms with Crippen molar-refractivity contribution >= 4 is 29.9 Å². The van der Waals surface area contributed by atoms with Gasteiger partial charge in [0.05, 0.1) is 19.6 Å². The molecule has 27 heavy (non-hydrogen) atoms. The summed E-state index contributed by atoms with van der Waals surface area (Å²) in [6.45, 7) is 6.29. The molecular formula is C15H27F3IN7O. The minimum absolute atomic E-state index is 0. The van der Waals surface area contributed by atoms with Crippen LogP contribution in [0.1, 0.15) is 18.1 Å². The lowest BCUT2D eigenvalue weighted by molar-refractivity contribution is -0.132. The van der Waals surface area contributed by atoms with E-state index >= 15 is 0 Å². The molecule has 1 saturated heterocycles. The van der Waals surface area contributed by atoms with Crippen LogP contribution in [0, 0.1) is 6.92 Å². The second-order valence-electron chi connectivity index (χ2n) is 6.06. The van der Waals surface area contributed by atoms with E-state index in [-0.39, 0.29) is 37.1 Å². The lowest BCUT2D eigenvalue weighted by Crippen LogP contribution is -2.45. The number of ether oxygens (including phenoxy) is 1. The molecule has 0 spiro atoms. The molecule has 1 aliphatic heterocycles. The predicted octanol–water partition coefficient (Wildman–Crippen LogP) is 1.06. The van der Waals surface area contributed by atoms with Gasteiger partial charge in [0.15, 0.2) is 11.8 Å². The van der Waals surface area contributed by atoms with E-state index in [4.69, 9.17) is 4.74 Å². The topological polar surface area (TPSA) is 79.6 Å². The number of hydrogen-bond acceptors (Lipinski definition) is 5. The van der Waals surface area contributed by atoms with Crippen molar-refractivity contribution in [1.29, 1.82) is 0 Å². The Balaban J connectivity index is 0.00000364. The standard InChI is InChI=1S/C15H26F3N7O.HI/c1-12-22-23-13(24(12)2)11-21-14(19-4-3-15(16,17)18)20-5-6-25-7-9-26-10-8-25;/h3-11H2,1-2H3,(H2,19,20,21);1H. The normalized spacial score (nSPS) is 16.1. The number of aliphatic imine (C=N–C) groups is 1. The summed E-state index contributed by atoms with van der Waals surface area (Å²) in [6.07, 6.45) is -5.12. The van der Waals surface area contributed by atoms with Crippen LogP contribution in [0.5, 0.6) is 0 Å². The van der Waals surface area contributed by atoms with Crippen LogP contribution in [0.2, 0.25) is 0 Å². The summed E-state index contributed by atoms with van der Waals surface area (Å²) in [7, 11) is 1.82. The first-order valence-corrected chi connectivity index (χ1v) is 8.59. The molecule has 1 fully saturated rings. The van der Waals surface area contributed by atoms with Crippen molar-refractivity contribution in [3.8, 4) is 0 Å². The van der Waals surface area contributed by atoms with E-state index in [0.29, 0.717) is 31.5 Å². The van der Waals surface area contributed by atoms with E-state index in [2.05, 4.69) is 30.7 Å². The van der Waals surface area contributed by atoms with Gasteiger partial charge in [0.1, 0.15) is 12.4 Å². The van der Waals surface area contributed by atoms with Gasteiger partial charge in [-0.25, -0.2) is 4.99 Å². The van der Waals surface area contributed by atoms with Crippen molar-refractivity contribution in [2.75, 3.05) is 45.9 Å². The number of aromatic nitrogens is 3. The summed E-state index contributed by atoms with van der Waals surface area (Å²) in [6, 6.07) is 0. The molecule has 0 aliphatic carbocycles.